The van der Waals surface area contributed by atoms with E-state index in [2.05, 4.69) is 6.92 Å². The van der Waals surface area contributed by atoms with Crippen molar-refractivity contribution >= 4 is 50.5 Å². The van der Waals surface area contributed by atoms with E-state index in [4.69, 9.17) is 37.7 Å². The minimum absolute atomic E-state index is 0.455. The lowest BCUT2D eigenvalue weighted by molar-refractivity contribution is -0.262. The SMILES string of the molecule is CCCC1=NC2(c3ccc(Cl)c(Cc4sc5ccc(Cl)cc5c4C)c3)O[C@H](CO)[C@@H](O)[C@H](O)C2O1. The molecule has 1 aromatic heterocycles. The van der Waals surface area contributed by atoms with E-state index in [1.807, 2.05) is 31.2 Å². The van der Waals surface area contributed by atoms with Crippen LogP contribution in [0.3, 0.4) is 0 Å². The number of aliphatic hydroxyl groups is 3. The van der Waals surface area contributed by atoms with Crippen LogP contribution in [0.5, 0.6) is 0 Å². The van der Waals surface area contributed by atoms with Gasteiger partial charge in [-0.2, -0.15) is 0 Å². The molecule has 3 aromatic rings. The summed E-state index contributed by atoms with van der Waals surface area (Å²) in [5, 5.41) is 33.6. The van der Waals surface area contributed by atoms with Crippen molar-refractivity contribution < 1.29 is 24.8 Å². The fraction of sp³-hybridized carbons (Fsp3) is 0.423. The van der Waals surface area contributed by atoms with Gasteiger partial charge in [-0.05, 0) is 60.2 Å². The molecule has 2 unspecified atom stereocenters. The van der Waals surface area contributed by atoms with Gasteiger partial charge in [0.25, 0.3) is 0 Å². The van der Waals surface area contributed by atoms with Crippen LogP contribution >= 0.6 is 34.5 Å². The maximum atomic E-state index is 10.9. The van der Waals surface area contributed by atoms with Crippen LogP contribution < -0.4 is 0 Å². The Hall–Kier alpha value is -1.71. The Labute approximate surface area is 217 Å². The summed E-state index contributed by atoms with van der Waals surface area (Å²) in [5.41, 5.74) is 1.30. The Bertz CT molecular complexity index is 1290. The Kier molecular flexibility index (Phi) is 6.87. The van der Waals surface area contributed by atoms with Gasteiger partial charge in [-0.15, -0.1) is 11.3 Å². The minimum atomic E-state index is -1.39. The van der Waals surface area contributed by atoms with Crippen molar-refractivity contribution in [2.24, 2.45) is 4.99 Å². The van der Waals surface area contributed by atoms with E-state index in [1.54, 1.807) is 23.5 Å². The highest BCUT2D eigenvalue weighted by Crippen LogP contribution is 2.46. The van der Waals surface area contributed by atoms with Crippen molar-refractivity contribution in [3.63, 3.8) is 0 Å². The molecule has 0 bridgehead atoms. The molecule has 35 heavy (non-hydrogen) atoms. The maximum absolute atomic E-state index is 10.9. The van der Waals surface area contributed by atoms with Gasteiger partial charge in [-0.1, -0.05) is 36.2 Å². The monoisotopic (exact) mass is 535 g/mol. The Balaban J connectivity index is 1.57. The van der Waals surface area contributed by atoms with E-state index in [1.165, 1.54) is 4.88 Å². The highest BCUT2D eigenvalue weighted by atomic mass is 35.5. The molecule has 0 radical (unpaired) electrons. The van der Waals surface area contributed by atoms with Crippen molar-refractivity contribution in [3.05, 3.63) is 68.0 Å². The van der Waals surface area contributed by atoms with Gasteiger partial charge in [-0.3, -0.25) is 0 Å². The normalized spacial score (nSPS) is 28.1. The number of fused-ring (bicyclic) bond motifs is 2. The average Bonchev–Trinajstić information content (AvgIpc) is 3.36. The number of aliphatic hydroxyl groups excluding tert-OH is 3. The third kappa shape index (κ3) is 4.27. The van der Waals surface area contributed by atoms with Gasteiger partial charge < -0.3 is 24.8 Å². The van der Waals surface area contributed by atoms with Gasteiger partial charge in [0.1, 0.15) is 18.3 Å². The second-order valence-corrected chi connectivity index (χ2v) is 11.1. The molecule has 0 aliphatic carbocycles. The molecule has 1 saturated heterocycles. The Morgan fingerprint density at radius 2 is 1.91 bits per heavy atom. The van der Waals surface area contributed by atoms with E-state index in [0.29, 0.717) is 34.3 Å². The van der Waals surface area contributed by atoms with E-state index in [9.17, 15) is 15.3 Å². The quantitative estimate of drug-likeness (QED) is 0.414. The van der Waals surface area contributed by atoms with Crippen LogP contribution in [0.2, 0.25) is 10.0 Å². The number of halogens is 2. The molecule has 5 rings (SSSR count). The lowest BCUT2D eigenvalue weighted by Crippen LogP contribution is -2.61. The molecule has 6 nitrogen and oxygen atoms in total. The standard InChI is InChI=1S/C26H27Cl2NO5S/c1-3-4-22-29-26(25(33-22)24(32)23(31)19(12-30)34-26)15-5-7-18(28)14(9-15)10-21-13(2)17-11-16(27)6-8-20(17)35-21/h5-9,11,19,23-25,30-32H,3-4,10,12H2,1-2H3/t19-,23-,24+,25?,26?/m1/s1. The molecule has 9 heteroatoms. The third-order valence-corrected chi connectivity index (χ3v) is 8.64. The zero-order valence-electron chi connectivity index (χ0n) is 19.4. The summed E-state index contributed by atoms with van der Waals surface area (Å²) >= 11 is 14.5. The number of hydrogen-bond acceptors (Lipinski definition) is 7. The number of benzene rings is 2. The number of aryl methyl sites for hydroxylation is 1. The molecular weight excluding hydrogens is 509 g/mol. The highest BCUT2D eigenvalue weighted by Gasteiger charge is 2.60. The molecule has 5 atom stereocenters. The summed E-state index contributed by atoms with van der Waals surface area (Å²) in [6.45, 7) is 3.62. The minimum Gasteiger partial charge on any atom is -0.469 e. The van der Waals surface area contributed by atoms with Gasteiger partial charge in [-0.25, -0.2) is 4.99 Å². The lowest BCUT2D eigenvalue weighted by Gasteiger charge is -2.44. The fourth-order valence-electron chi connectivity index (χ4n) is 4.88. The first-order valence-corrected chi connectivity index (χ1v) is 13.2. The fourth-order valence-corrected chi connectivity index (χ4v) is 6.46. The number of nitrogens with zero attached hydrogens (tertiary/aromatic N) is 1. The molecule has 186 valence electrons. The number of ether oxygens (including phenoxy) is 2. The largest absolute Gasteiger partial charge is 0.469 e. The van der Waals surface area contributed by atoms with Crippen LogP contribution in [0.15, 0.2) is 41.4 Å². The van der Waals surface area contributed by atoms with E-state index in [0.717, 1.165) is 27.6 Å². The highest BCUT2D eigenvalue weighted by molar-refractivity contribution is 7.19. The zero-order chi connectivity index (χ0) is 24.9. The molecule has 2 aliphatic heterocycles. The molecule has 3 N–H and O–H groups in total. The van der Waals surface area contributed by atoms with Crippen LogP contribution in [0.1, 0.15) is 41.3 Å². The van der Waals surface area contributed by atoms with Crippen LogP contribution in [-0.2, 0) is 21.6 Å². The predicted molar refractivity (Wildman–Crippen MR) is 139 cm³/mol. The van der Waals surface area contributed by atoms with Crippen LogP contribution in [0.4, 0.5) is 0 Å². The topological polar surface area (TPSA) is 91.5 Å². The first-order chi connectivity index (χ1) is 16.8. The van der Waals surface area contributed by atoms with Crippen molar-refractivity contribution in [3.8, 4) is 0 Å². The van der Waals surface area contributed by atoms with E-state index in [-0.39, 0.29) is 0 Å². The lowest BCUT2D eigenvalue weighted by atomic mass is 9.85. The molecule has 1 fully saturated rings. The molecule has 0 saturated carbocycles. The summed E-state index contributed by atoms with van der Waals surface area (Å²) in [5.74, 6) is 0.455. The number of rotatable bonds is 6. The first-order valence-electron chi connectivity index (χ1n) is 11.6. The molecule has 2 aromatic carbocycles. The van der Waals surface area contributed by atoms with E-state index >= 15 is 0 Å². The summed E-state index contributed by atoms with van der Waals surface area (Å²) in [4.78, 5) is 5.93. The van der Waals surface area contributed by atoms with Crippen molar-refractivity contribution in [1.29, 1.82) is 0 Å². The van der Waals surface area contributed by atoms with Crippen molar-refractivity contribution in [1.82, 2.24) is 0 Å². The smallest absolute Gasteiger partial charge is 0.228 e. The average molecular weight is 536 g/mol. The van der Waals surface area contributed by atoms with Gasteiger partial charge in [0.05, 0.1) is 6.61 Å². The summed E-state index contributed by atoms with van der Waals surface area (Å²) in [6, 6.07) is 11.4. The molecule has 2 aliphatic rings. The van der Waals surface area contributed by atoms with Crippen LogP contribution in [-0.4, -0.2) is 52.2 Å². The van der Waals surface area contributed by atoms with Gasteiger partial charge >= 0.3 is 0 Å². The molecule has 0 spiro atoms. The third-order valence-electron chi connectivity index (χ3n) is 6.76. The summed E-state index contributed by atoms with van der Waals surface area (Å²) < 4.78 is 13.3. The van der Waals surface area contributed by atoms with Gasteiger partial charge in [0.2, 0.25) is 5.72 Å². The second kappa shape index (κ2) is 9.63. The van der Waals surface area contributed by atoms with Crippen LogP contribution in [0, 0.1) is 6.92 Å². The molecule has 0 amide bonds. The zero-order valence-corrected chi connectivity index (χ0v) is 21.7. The summed E-state index contributed by atoms with van der Waals surface area (Å²) in [7, 11) is 0. The van der Waals surface area contributed by atoms with Crippen molar-refractivity contribution in [2.75, 3.05) is 6.61 Å². The predicted octanol–water partition coefficient (Wildman–Crippen LogP) is 4.97. The number of hydrogen-bond donors (Lipinski definition) is 3. The van der Waals surface area contributed by atoms with E-state index < -0.39 is 36.7 Å². The van der Waals surface area contributed by atoms with Gasteiger partial charge in [0.15, 0.2) is 12.0 Å². The van der Waals surface area contributed by atoms with Crippen molar-refractivity contribution in [2.45, 2.75) is 63.3 Å². The molecule has 3 heterocycles. The van der Waals surface area contributed by atoms with Gasteiger partial charge in [0, 0.05) is 38.0 Å². The second-order valence-electron chi connectivity index (χ2n) is 9.08. The first kappa shape index (κ1) is 25.0. The van der Waals surface area contributed by atoms with Crippen LogP contribution in [0.25, 0.3) is 10.1 Å². The maximum Gasteiger partial charge on any atom is 0.228 e. The number of thiophene rings is 1. The summed E-state index contributed by atoms with van der Waals surface area (Å²) in [6.07, 6.45) is -2.57. The molecular formula is C26H27Cl2NO5S. The Morgan fingerprint density at radius 1 is 1.11 bits per heavy atom. The Morgan fingerprint density at radius 3 is 2.66 bits per heavy atom. The number of aliphatic imine (C=N–C) groups is 1.